The van der Waals surface area contributed by atoms with Crippen molar-refractivity contribution in [1.82, 2.24) is 4.90 Å². The maximum atomic E-state index is 11.6. The molecule has 0 spiro atoms. The highest BCUT2D eigenvalue weighted by Gasteiger charge is 2.28. The zero-order valence-electron chi connectivity index (χ0n) is 9.51. The van der Waals surface area contributed by atoms with Crippen molar-refractivity contribution < 1.29 is 22.9 Å². The molecule has 7 heteroatoms. The van der Waals surface area contributed by atoms with Gasteiger partial charge >= 0.3 is 7.82 Å². The van der Waals surface area contributed by atoms with Gasteiger partial charge in [0.25, 0.3) is 5.91 Å². The van der Waals surface area contributed by atoms with Crippen LogP contribution in [0.1, 0.15) is 6.92 Å². The largest absolute Gasteiger partial charge is 0.529 e. The van der Waals surface area contributed by atoms with E-state index in [1.165, 1.54) is 25.2 Å². The molecule has 0 aromatic rings. The summed E-state index contributed by atoms with van der Waals surface area (Å²) in [5.74, 6) is -0.487. The average Bonchev–Trinajstić information content (AvgIpc) is 2.24. The second-order valence-corrected chi connectivity index (χ2v) is 4.56. The van der Waals surface area contributed by atoms with Crippen LogP contribution >= 0.6 is 7.82 Å². The molecule has 0 aromatic carbocycles. The molecule has 88 valence electrons. The standard InChI is InChI=1S/C8H16NO5P/c1-6-7(8(10)9(2)3)14-15(11,12-4)13-5/h6H,1-5H3/b7-6+. The molecule has 0 rings (SSSR count). The number of phosphoric acid groups is 1. The molecule has 0 heterocycles. The molecule has 0 atom stereocenters. The highest BCUT2D eigenvalue weighted by molar-refractivity contribution is 7.48. The molecule has 15 heavy (non-hydrogen) atoms. The van der Waals surface area contributed by atoms with Crippen molar-refractivity contribution in [2.24, 2.45) is 0 Å². The second kappa shape index (κ2) is 5.90. The summed E-state index contributed by atoms with van der Waals surface area (Å²) in [5, 5.41) is 0. The molecule has 0 N–H and O–H groups in total. The zero-order chi connectivity index (χ0) is 12.1. The first kappa shape index (κ1) is 14.2. The van der Waals surface area contributed by atoms with E-state index in [2.05, 4.69) is 9.05 Å². The molecule has 1 amide bonds. The molecular weight excluding hydrogens is 221 g/mol. The van der Waals surface area contributed by atoms with Crippen molar-refractivity contribution in [1.29, 1.82) is 0 Å². The molecule has 0 bridgehead atoms. The molecule has 0 aliphatic carbocycles. The van der Waals surface area contributed by atoms with Gasteiger partial charge in [0, 0.05) is 28.3 Å². The van der Waals surface area contributed by atoms with Crippen molar-refractivity contribution >= 4 is 13.7 Å². The molecule has 0 fully saturated rings. The van der Waals surface area contributed by atoms with E-state index >= 15 is 0 Å². The number of allylic oxidation sites excluding steroid dienone is 1. The maximum Gasteiger partial charge on any atom is 0.529 e. The van der Waals surface area contributed by atoms with Gasteiger partial charge in [-0.15, -0.1) is 0 Å². The molecule has 6 nitrogen and oxygen atoms in total. The van der Waals surface area contributed by atoms with E-state index in [1.54, 1.807) is 21.0 Å². The van der Waals surface area contributed by atoms with Gasteiger partial charge in [0.05, 0.1) is 0 Å². The maximum absolute atomic E-state index is 11.6. The third-order valence-electron chi connectivity index (χ3n) is 1.54. The normalized spacial score (nSPS) is 12.5. The van der Waals surface area contributed by atoms with Crippen LogP contribution < -0.4 is 0 Å². The third-order valence-corrected chi connectivity index (χ3v) is 2.85. The van der Waals surface area contributed by atoms with Gasteiger partial charge in [-0.3, -0.25) is 13.8 Å². The number of hydrogen-bond acceptors (Lipinski definition) is 5. The van der Waals surface area contributed by atoms with Crippen LogP contribution in [-0.4, -0.2) is 39.1 Å². The Hall–Kier alpha value is -0.840. The highest BCUT2D eigenvalue weighted by atomic mass is 31.2. The summed E-state index contributed by atoms with van der Waals surface area (Å²) < 4.78 is 25.6. The summed E-state index contributed by atoms with van der Waals surface area (Å²) in [6.07, 6.45) is 1.40. The predicted octanol–water partition coefficient (Wildman–Crippen LogP) is 1.40. The Morgan fingerprint density at radius 2 is 1.73 bits per heavy atom. The van der Waals surface area contributed by atoms with Crippen LogP contribution in [0.25, 0.3) is 0 Å². The minimum atomic E-state index is -3.66. The van der Waals surface area contributed by atoms with E-state index in [9.17, 15) is 9.36 Å². The van der Waals surface area contributed by atoms with Crippen LogP contribution in [0, 0.1) is 0 Å². The SMILES string of the molecule is C/C=C(/OP(=O)(OC)OC)C(=O)N(C)C. The topological polar surface area (TPSA) is 65.1 Å². The minimum absolute atomic E-state index is 0.0768. The summed E-state index contributed by atoms with van der Waals surface area (Å²) in [4.78, 5) is 12.8. The summed E-state index contributed by atoms with van der Waals surface area (Å²) in [5.41, 5.74) is 0. The van der Waals surface area contributed by atoms with Crippen molar-refractivity contribution in [3.05, 3.63) is 11.8 Å². The molecule has 0 radical (unpaired) electrons. The Kier molecular flexibility index (Phi) is 5.57. The Morgan fingerprint density at radius 3 is 2.00 bits per heavy atom. The molecular formula is C8H16NO5P. The van der Waals surface area contributed by atoms with E-state index in [4.69, 9.17) is 4.52 Å². The predicted molar refractivity (Wildman–Crippen MR) is 55.2 cm³/mol. The lowest BCUT2D eigenvalue weighted by atomic mass is 10.4. The fourth-order valence-electron chi connectivity index (χ4n) is 0.705. The minimum Gasteiger partial charge on any atom is -0.398 e. The van der Waals surface area contributed by atoms with E-state index < -0.39 is 13.7 Å². The Morgan fingerprint density at radius 1 is 1.27 bits per heavy atom. The van der Waals surface area contributed by atoms with Gasteiger partial charge in [0.15, 0.2) is 5.76 Å². The summed E-state index contributed by atoms with van der Waals surface area (Å²) in [6, 6.07) is 0. The van der Waals surface area contributed by atoms with Crippen LogP contribution in [-0.2, 0) is 22.9 Å². The van der Waals surface area contributed by atoms with Crippen molar-refractivity contribution in [3.8, 4) is 0 Å². The highest BCUT2D eigenvalue weighted by Crippen LogP contribution is 2.49. The number of rotatable bonds is 5. The Bertz CT molecular complexity index is 291. The van der Waals surface area contributed by atoms with Crippen molar-refractivity contribution in [2.45, 2.75) is 6.92 Å². The van der Waals surface area contributed by atoms with Crippen molar-refractivity contribution in [3.63, 3.8) is 0 Å². The molecule has 0 unspecified atom stereocenters. The molecule has 0 saturated carbocycles. The van der Waals surface area contributed by atoms with Gasteiger partial charge in [-0.1, -0.05) is 0 Å². The van der Waals surface area contributed by atoms with Crippen molar-refractivity contribution in [2.75, 3.05) is 28.3 Å². The lowest BCUT2D eigenvalue weighted by Gasteiger charge is -2.18. The number of phosphoric ester groups is 1. The summed E-state index contributed by atoms with van der Waals surface area (Å²) in [7, 11) is 1.80. The van der Waals surface area contributed by atoms with E-state index in [-0.39, 0.29) is 5.76 Å². The summed E-state index contributed by atoms with van der Waals surface area (Å²) in [6.45, 7) is 1.59. The molecule has 0 aromatic heterocycles. The van der Waals surface area contributed by atoms with Gasteiger partial charge < -0.3 is 9.42 Å². The summed E-state index contributed by atoms with van der Waals surface area (Å²) >= 11 is 0. The monoisotopic (exact) mass is 237 g/mol. The first-order valence-electron chi connectivity index (χ1n) is 4.19. The number of amides is 1. The van der Waals surface area contributed by atoms with E-state index in [0.717, 1.165) is 0 Å². The van der Waals surface area contributed by atoms with Gasteiger partial charge in [-0.25, -0.2) is 4.57 Å². The van der Waals surface area contributed by atoms with Gasteiger partial charge in [0.1, 0.15) is 0 Å². The zero-order valence-corrected chi connectivity index (χ0v) is 10.4. The smallest absolute Gasteiger partial charge is 0.398 e. The quantitative estimate of drug-likeness (QED) is 0.410. The number of nitrogens with zero attached hydrogens (tertiary/aromatic N) is 1. The van der Waals surface area contributed by atoms with Crippen LogP contribution in [0.4, 0.5) is 0 Å². The second-order valence-electron chi connectivity index (χ2n) is 2.76. The number of carbonyl (C=O) groups excluding carboxylic acids is 1. The number of carbonyl (C=O) groups is 1. The van der Waals surface area contributed by atoms with Crippen LogP contribution in [0.3, 0.4) is 0 Å². The van der Waals surface area contributed by atoms with Crippen LogP contribution in [0.2, 0.25) is 0 Å². The van der Waals surface area contributed by atoms with Gasteiger partial charge in [-0.2, -0.15) is 0 Å². The van der Waals surface area contributed by atoms with Gasteiger partial charge in [-0.05, 0) is 13.0 Å². The molecule has 0 aliphatic rings. The average molecular weight is 237 g/mol. The van der Waals surface area contributed by atoms with E-state index in [1.807, 2.05) is 0 Å². The lowest BCUT2D eigenvalue weighted by Crippen LogP contribution is -2.24. The van der Waals surface area contributed by atoms with Crippen LogP contribution in [0.5, 0.6) is 0 Å². The van der Waals surface area contributed by atoms with E-state index in [0.29, 0.717) is 0 Å². The first-order valence-corrected chi connectivity index (χ1v) is 5.65. The molecule has 0 saturated heterocycles. The van der Waals surface area contributed by atoms with Crippen LogP contribution in [0.15, 0.2) is 11.8 Å². The first-order chi connectivity index (χ1) is 6.90. The third kappa shape index (κ3) is 4.03. The number of likely N-dealkylation sites (N-methyl/N-ethyl adjacent to an activating group) is 1. The Balaban J connectivity index is 4.76. The number of hydrogen-bond donors (Lipinski definition) is 0. The lowest BCUT2D eigenvalue weighted by molar-refractivity contribution is -0.127. The molecule has 0 aliphatic heterocycles. The Labute approximate surface area is 89.4 Å². The fraction of sp³-hybridized carbons (Fsp3) is 0.625. The fourth-order valence-corrected chi connectivity index (χ4v) is 1.43. The van der Waals surface area contributed by atoms with Gasteiger partial charge in [0.2, 0.25) is 0 Å².